The van der Waals surface area contributed by atoms with Crippen molar-refractivity contribution in [1.29, 1.82) is 0 Å². The van der Waals surface area contributed by atoms with E-state index in [-0.39, 0.29) is 12.1 Å². The number of amides is 1. The average Bonchev–Trinajstić information content (AvgIpc) is 1.73. The Kier molecular flexibility index (Phi) is 1.27. The lowest BCUT2D eigenvalue weighted by Crippen LogP contribution is -2.60. The molecule has 4 heteroatoms. The predicted octanol–water partition coefficient (Wildman–Crippen LogP) is 0.224. The Balaban J connectivity index is 1.95. The van der Waals surface area contributed by atoms with Gasteiger partial charge in [-0.1, -0.05) is 0 Å². The van der Waals surface area contributed by atoms with Crippen molar-refractivity contribution >= 4 is 6.09 Å². The molecule has 2 atom stereocenters. The summed E-state index contributed by atoms with van der Waals surface area (Å²) in [7, 11) is 0. The minimum Gasteiger partial charge on any atom is -0.465 e. The molecule has 0 spiro atoms. The monoisotopic (exact) mass is 154 g/mol. The molecule has 1 saturated heterocycles. The van der Waals surface area contributed by atoms with Crippen LogP contribution in [0.25, 0.3) is 0 Å². The van der Waals surface area contributed by atoms with Crippen LogP contribution >= 0.6 is 0 Å². The minimum atomic E-state index is -0.802. The first kappa shape index (κ1) is 6.52. The van der Waals surface area contributed by atoms with Gasteiger partial charge >= 0.3 is 6.09 Å². The maximum absolute atomic E-state index is 10.5. The fourth-order valence-corrected chi connectivity index (χ4v) is 1.46. The minimum absolute atomic E-state index is 0.178. The molecule has 0 aromatic carbocycles. The maximum atomic E-state index is 10.5. The summed E-state index contributed by atoms with van der Waals surface area (Å²) in [4.78, 5) is 12.0. The van der Waals surface area contributed by atoms with Gasteiger partial charge in [-0.15, -0.1) is 0 Å². The number of hydrogen-bond acceptors (Lipinski definition) is 2. The Labute approximate surface area is 64.5 Å². The van der Waals surface area contributed by atoms with Crippen LogP contribution in [-0.2, 0) is 0 Å². The number of nitrogens with zero attached hydrogens (tertiary/aromatic N) is 1. The second-order valence-electron chi connectivity index (χ2n) is 2.88. The molecule has 2 aliphatic rings. The number of carbonyl (C=O) groups is 1. The quantitative estimate of drug-likeness (QED) is 0.568. The molecule has 0 aliphatic carbocycles. The Morgan fingerprint density at radius 3 is 2.73 bits per heavy atom. The predicted molar refractivity (Wildman–Crippen MR) is 39.2 cm³/mol. The van der Waals surface area contributed by atoms with Crippen LogP contribution in [0, 0.1) is 0 Å². The van der Waals surface area contributed by atoms with Crippen molar-refractivity contribution in [2.75, 3.05) is 6.54 Å². The van der Waals surface area contributed by atoms with E-state index in [9.17, 15) is 4.79 Å². The van der Waals surface area contributed by atoms with Gasteiger partial charge < -0.3 is 15.3 Å². The van der Waals surface area contributed by atoms with E-state index in [4.69, 9.17) is 5.11 Å². The molecule has 2 heterocycles. The molecule has 2 N–H and O–H groups in total. The number of rotatable bonds is 1. The SMILES string of the molecule is O=C(O)N1CCC1C1C=CN1. The lowest BCUT2D eigenvalue weighted by atomic mass is 9.93. The second-order valence-corrected chi connectivity index (χ2v) is 2.88. The Morgan fingerprint density at radius 1 is 1.73 bits per heavy atom. The van der Waals surface area contributed by atoms with E-state index in [0.717, 1.165) is 6.42 Å². The molecule has 2 aliphatic heterocycles. The van der Waals surface area contributed by atoms with E-state index in [2.05, 4.69) is 5.32 Å². The smallest absolute Gasteiger partial charge is 0.407 e. The van der Waals surface area contributed by atoms with Crippen molar-refractivity contribution in [3.05, 3.63) is 12.3 Å². The molecule has 0 bridgehead atoms. The molecule has 0 saturated carbocycles. The third-order valence-corrected chi connectivity index (χ3v) is 2.32. The molecule has 4 nitrogen and oxygen atoms in total. The first-order valence-electron chi connectivity index (χ1n) is 3.71. The van der Waals surface area contributed by atoms with E-state index >= 15 is 0 Å². The molecule has 0 radical (unpaired) electrons. The van der Waals surface area contributed by atoms with Gasteiger partial charge in [0.15, 0.2) is 0 Å². The largest absolute Gasteiger partial charge is 0.465 e. The van der Waals surface area contributed by atoms with Gasteiger partial charge in [-0.3, -0.25) is 0 Å². The van der Waals surface area contributed by atoms with Crippen LogP contribution in [0.4, 0.5) is 4.79 Å². The van der Waals surface area contributed by atoms with Gasteiger partial charge in [0.1, 0.15) is 0 Å². The first-order chi connectivity index (χ1) is 5.29. The molecule has 2 rings (SSSR count). The summed E-state index contributed by atoms with van der Waals surface area (Å²) in [5.74, 6) is 0. The van der Waals surface area contributed by atoms with Gasteiger partial charge in [-0.2, -0.15) is 0 Å². The van der Waals surface area contributed by atoms with E-state index in [1.165, 1.54) is 4.90 Å². The van der Waals surface area contributed by atoms with Crippen LogP contribution in [0.15, 0.2) is 12.3 Å². The Hall–Kier alpha value is -1.19. The second kappa shape index (κ2) is 2.15. The molecule has 60 valence electrons. The standard InChI is InChI=1S/C7H10N2O2/c10-7(11)9-4-2-6(9)5-1-3-8-5/h1,3,5-6,8H,2,4H2,(H,10,11). The van der Waals surface area contributed by atoms with Crippen molar-refractivity contribution in [3.63, 3.8) is 0 Å². The zero-order chi connectivity index (χ0) is 7.84. The van der Waals surface area contributed by atoms with E-state index in [0.29, 0.717) is 6.54 Å². The fourth-order valence-electron chi connectivity index (χ4n) is 1.46. The first-order valence-corrected chi connectivity index (χ1v) is 3.71. The van der Waals surface area contributed by atoms with Crippen molar-refractivity contribution in [3.8, 4) is 0 Å². The third-order valence-electron chi connectivity index (χ3n) is 2.32. The summed E-state index contributed by atoms with van der Waals surface area (Å²) in [6, 6.07) is 0.442. The van der Waals surface area contributed by atoms with Gasteiger partial charge in [0.25, 0.3) is 0 Å². The van der Waals surface area contributed by atoms with E-state index in [1.54, 1.807) is 0 Å². The topological polar surface area (TPSA) is 52.6 Å². The molecule has 2 unspecified atom stereocenters. The highest BCUT2D eigenvalue weighted by atomic mass is 16.4. The molecular formula is C7H10N2O2. The maximum Gasteiger partial charge on any atom is 0.407 e. The summed E-state index contributed by atoms with van der Waals surface area (Å²) >= 11 is 0. The highest BCUT2D eigenvalue weighted by molar-refractivity contribution is 5.66. The van der Waals surface area contributed by atoms with Gasteiger partial charge in [0.05, 0.1) is 12.1 Å². The zero-order valence-corrected chi connectivity index (χ0v) is 6.03. The zero-order valence-electron chi connectivity index (χ0n) is 6.03. The lowest BCUT2D eigenvalue weighted by molar-refractivity contribution is 0.0634. The van der Waals surface area contributed by atoms with E-state index < -0.39 is 6.09 Å². The molecular weight excluding hydrogens is 144 g/mol. The highest BCUT2D eigenvalue weighted by Gasteiger charge is 2.38. The van der Waals surface area contributed by atoms with Crippen LogP contribution in [0.2, 0.25) is 0 Å². The van der Waals surface area contributed by atoms with Crippen molar-refractivity contribution < 1.29 is 9.90 Å². The number of nitrogens with one attached hydrogen (secondary N) is 1. The third kappa shape index (κ3) is 0.859. The molecule has 1 fully saturated rings. The van der Waals surface area contributed by atoms with Crippen LogP contribution in [0.1, 0.15) is 6.42 Å². The molecule has 11 heavy (non-hydrogen) atoms. The fraction of sp³-hybridized carbons (Fsp3) is 0.571. The summed E-state index contributed by atoms with van der Waals surface area (Å²) < 4.78 is 0. The highest BCUT2D eigenvalue weighted by Crippen LogP contribution is 2.23. The number of likely N-dealkylation sites (tertiary alicyclic amines) is 1. The summed E-state index contributed by atoms with van der Waals surface area (Å²) in [6.45, 7) is 0.687. The van der Waals surface area contributed by atoms with Crippen molar-refractivity contribution in [2.45, 2.75) is 18.5 Å². The van der Waals surface area contributed by atoms with Crippen molar-refractivity contribution in [2.24, 2.45) is 0 Å². The van der Waals surface area contributed by atoms with Gasteiger partial charge in [0, 0.05) is 6.54 Å². The van der Waals surface area contributed by atoms with Gasteiger partial charge in [-0.25, -0.2) is 4.79 Å². The Bertz CT molecular complexity index is 214. The summed E-state index contributed by atoms with van der Waals surface area (Å²) in [6.07, 6.45) is 4.03. The molecule has 0 aromatic heterocycles. The van der Waals surface area contributed by atoms with Crippen molar-refractivity contribution in [1.82, 2.24) is 10.2 Å². The molecule has 0 aromatic rings. The molecule has 1 amide bonds. The van der Waals surface area contributed by atoms with Crippen LogP contribution < -0.4 is 5.32 Å². The average molecular weight is 154 g/mol. The van der Waals surface area contributed by atoms with Gasteiger partial charge in [-0.05, 0) is 18.7 Å². The summed E-state index contributed by atoms with van der Waals surface area (Å²) in [5, 5.41) is 11.7. The number of carboxylic acid groups (broad SMARTS) is 1. The van der Waals surface area contributed by atoms with Crippen LogP contribution in [0.3, 0.4) is 0 Å². The summed E-state index contributed by atoms with van der Waals surface area (Å²) in [5.41, 5.74) is 0. The van der Waals surface area contributed by atoms with Crippen LogP contribution in [-0.4, -0.2) is 34.7 Å². The van der Waals surface area contributed by atoms with Gasteiger partial charge in [0.2, 0.25) is 0 Å². The Morgan fingerprint density at radius 2 is 2.45 bits per heavy atom. The van der Waals surface area contributed by atoms with E-state index in [1.807, 2.05) is 12.3 Å². The number of hydrogen-bond donors (Lipinski definition) is 2. The normalized spacial score (nSPS) is 33.6. The van der Waals surface area contributed by atoms with Crippen LogP contribution in [0.5, 0.6) is 0 Å². The lowest BCUT2D eigenvalue weighted by Gasteiger charge is -2.44.